The highest BCUT2D eigenvalue weighted by atomic mass is 16.5. The van der Waals surface area contributed by atoms with Gasteiger partial charge in [0.25, 0.3) is 0 Å². The van der Waals surface area contributed by atoms with E-state index in [9.17, 15) is 9.59 Å². The predicted molar refractivity (Wildman–Crippen MR) is 64.3 cm³/mol. The van der Waals surface area contributed by atoms with Crippen molar-refractivity contribution < 1.29 is 13.9 Å². The molecular weight excluding hydrogens is 220 g/mol. The lowest BCUT2D eigenvalue weighted by atomic mass is 10.0. The molecule has 0 unspecified atom stereocenters. The molecule has 1 heterocycles. The van der Waals surface area contributed by atoms with E-state index in [0.29, 0.717) is 17.7 Å². The summed E-state index contributed by atoms with van der Waals surface area (Å²) in [6, 6.07) is 0. The summed E-state index contributed by atoms with van der Waals surface area (Å²) in [7, 11) is 0. The highest BCUT2D eigenvalue weighted by Gasteiger charge is 2.20. The number of hydrogen-bond donors (Lipinski definition) is 0. The zero-order valence-corrected chi connectivity index (χ0v) is 10.3. The average Bonchev–Trinajstić information content (AvgIpc) is 2.24. The molecule has 1 aromatic rings. The molecule has 0 aliphatic heterocycles. The summed E-state index contributed by atoms with van der Waals surface area (Å²) in [4.78, 5) is 23.3. The van der Waals surface area contributed by atoms with Crippen LogP contribution in [0.3, 0.4) is 0 Å². The number of allylic oxidation sites excluding steroid dienone is 1. The Morgan fingerprint density at radius 1 is 1.47 bits per heavy atom. The number of carbonyl (C=O) groups excluding carboxylic acids is 1. The van der Waals surface area contributed by atoms with Crippen LogP contribution in [-0.2, 0) is 11.2 Å². The van der Waals surface area contributed by atoms with E-state index in [1.54, 1.807) is 26.8 Å². The van der Waals surface area contributed by atoms with Crippen molar-refractivity contribution >= 4 is 5.97 Å². The zero-order chi connectivity index (χ0) is 13.0. The summed E-state index contributed by atoms with van der Waals surface area (Å²) in [5.41, 5.74) is 0.750. The van der Waals surface area contributed by atoms with Gasteiger partial charge in [-0.15, -0.1) is 6.58 Å². The minimum Gasteiger partial charge on any atom is -0.462 e. The number of carbonyl (C=O) groups is 1. The topological polar surface area (TPSA) is 56.5 Å². The van der Waals surface area contributed by atoms with Gasteiger partial charge in [-0.05, 0) is 38.3 Å². The SMILES string of the molecule is C=CCc1c(C)oc(=O)c(C(=O)OCC)c1C. The van der Waals surface area contributed by atoms with Crippen molar-refractivity contribution in [1.82, 2.24) is 0 Å². The van der Waals surface area contributed by atoms with E-state index >= 15 is 0 Å². The molecule has 0 N–H and O–H groups in total. The van der Waals surface area contributed by atoms with Crippen LogP contribution in [0.25, 0.3) is 0 Å². The van der Waals surface area contributed by atoms with Crippen LogP contribution in [0.15, 0.2) is 21.9 Å². The second-order valence-corrected chi connectivity index (χ2v) is 3.64. The number of hydrogen-bond acceptors (Lipinski definition) is 4. The highest BCUT2D eigenvalue weighted by Crippen LogP contribution is 2.16. The van der Waals surface area contributed by atoms with Gasteiger partial charge in [-0.1, -0.05) is 6.08 Å². The van der Waals surface area contributed by atoms with Gasteiger partial charge < -0.3 is 9.15 Å². The van der Waals surface area contributed by atoms with Crippen LogP contribution in [-0.4, -0.2) is 12.6 Å². The van der Waals surface area contributed by atoms with Gasteiger partial charge in [0.1, 0.15) is 11.3 Å². The summed E-state index contributed by atoms with van der Waals surface area (Å²) in [5, 5.41) is 0. The quantitative estimate of drug-likeness (QED) is 0.593. The number of rotatable bonds is 4. The Bertz CT molecular complexity index is 497. The van der Waals surface area contributed by atoms with E-state index in [1.165, 1.54) is 0 Å². The average molecular weight is 236 g/mol. The van der Waals surface area contributed by atoms with Crippen LogP contribution < -0.4 is 5.63 Å². The fourth-order valence-corrected chi connectivity index (χ4v) is 1.70. The normalized spacial score (nSPS) is 10.1. The summed E-state index contributed by atoms with van der Waals surface area (Å²) in [6.07, 6.45) is 2.25. The van der Waals surface area contributed by atoms with Crippen LogP contribution in [0.1, 0.15) is 34.2 Å². The maximum atomic E-state index is 11.6. The Labute approximate surface area is 99.9 Å². The number of aryl methyl sites for hydroxylation is 1. The van der Waals surface area contributed by atoms with E-state index in [-0.39, 0.29) is 12.2 Å². The Kier molecular flexibility index (Phi) is 4.26. The lowest BCUT2D eigenvalue weighted by molar-refractivity contribution is 0.0519. The molecule has 17 heavy (non-hydrogen) atoms. The minimum atomic E-state index is -0.647. The molecule has 0 bridgehead atoms. The van der Waals surface area contributed by atoms with Crippen molar-refractivity contribution in [2.75, 3.05) is 6.61 Å². The summed E-state index contributed by atoms with van der Waals surface area (Å²) < 4.78 is 9.87. The lowest BCUT2D eigenvalue weighted by Gasteiger charge is -2.10. The molecule has 0 aliphatic rings. The summed E-state index contributed by atoms with van der Waals surface area (Å²) >= 11 is 0. The first kappa shape index (κ1) is 13.2. The molecule has 4 heteroatoms. The molecule has 0 radical (unpaired) electrons. The first-order chi connectivity index (χ1) is 8.02. The highest BCUT2D eigenvalue weighted by molar-refractivity contribution is 5.90. The van der Waals surface area contributed by atoms with Crippen LogP contribution in [0, 0.1) is 13.8 Å². The van der Waals surface area contributed by atoms with E-state index in [2.05, 4.69) is 6.58 Å². The predicted octanol–water partition coefficient (Wildman–Crippen LogP) is 2.16. The van der Waals surface area contributed by atoms with Gasteiger partial charge in [0.05, 0.1) is 6.61 Å². The maximum Gasteiger partial charge on any atom is 0.350 e. The van der Waals surface area contributed by atoms with Crippen LogP contribution in [0.4, 0.5) is 0 Å². The smallest absolute Gasteiger partial charge is 0.350 e. The van der Waals surface area contributed by atoms with Gasteiger partial charge in [-0.25, -0.2) is 9.59 Å². The fourth-order valence-electron chi connectivity index (χ4n) is 1.70. The molecule has 0 amide bonds. The van der Waals surface area contributed by atoms with Gasteiger partial charge in [-0.3, -0.25) is 0 Å². The molecule has 92 valence electrons. The minimum absolute atomic E-state index is 0.0192. The van der Waals surface area contributed by atoms with Gasteiger partial charge in [0.15, 0.2) is 0 Å². The standard InChI is InChI=1S/C13H16O4/c1-5-7-10-8(3)11(12(14)16-6-2)13(15)17-9(10)4/h5H,1,6-7H2,2-4H3. The Balaban J connectivity index is 3.40. The molecule has 0 spiro atoms. The van der Waals surface area contributed by atoms with Crippen LogP contribution >= 0.6 is 0 Å². The second-order valence-electron chi connectivity index (χ2n) is 3.64. The van der Waals surface area contributed by atoms with Crippen molar-refractivity contribution in [2.45, 2.75) is 27.2 Å². The van der Waals surface area contributed by atoms with E-state index in [1.807, 2.05) is 0 Å². The molecule has 0 aliphatic carbocycles. The molecule has 1 aromatic heterocycles. The maximum absolute atomic E-state index is 11.6. The first-order valence-electron chi connectivity index (χ1n) is 5.44. The largest absolute Gasteiger partial charge is 0.462 e. The zero-order valence-electron chi connectivity index (χ0n) is 10.3. The molecule has 0 atom stereocenters. The lowest BCUT2D eigenvalue weighted by Crippen LogP contribution is -2.20. The van der Waals surface area contributed by atoms with Gasteiger partial charge in [-0.2, -0.15) is 0 Å². The number of esters is 1. The third-order valence-electron chi connectivity index (χ3n) is 2.53. The second kappa shape index (κ2) is 5.48. The van der Waals surface area contributed by atoms with Crippen molar-refractivity contribution in [3.63, 3.8) is 0 Å². The van der Waals surface area contributed by atoms with Crippen molar-refractivity contribution in [3.8, 4) is 0 Å². The van der Waals surface area contributed by atoms with Crippen molar-refractivity contribution in [2.24, 2.45) is 0 Å². The third-order valence-corrected chi connectivity index (χ3v) is 2.53. The van der Waals surface area contributed by atoms with Crippen molar-refractivity contribution in [3.05, 3.63) is 45.5 Å². The van der Waals surface area contributed by atoms with Gasteiger partial charge in [0, 0.05) is 0 Å². The molecule has 4 nitrogen and oxygen atoms in total. The van der Waals surface area contributed by atoms with Gasteiger partial charge >= 0.3 is 11.6 Å². The molecule has 1 rings (SSSR count). The van der Waals surface area contributed by atoms with E-state index < -0.39 is 11.6 Å². The van der Waals surface area contributed by atoms with Crippen LogP contribution in [0.5, 0.6) is 0 Å². The van der Waals surface area contributed by atoms with Crippen LogP contribution in [0.2, 0.25) is 0 Å². The number of ether oxygens (including phenoxy) is 1. The molecule has 0 saturated heterocycles. The fraction of sp³-hybridized carbons (Fsp3) is 0.385. The Morgan fingerprint density at radius 2 is 2.12 bits per heavy atom. The monoisotopic (exact) mass is 236 g/mol. The Morgan fingerprint density at radius 3 is 2.65 bits per heavy atom. The molecule has 0 saturated carbocycles. The summed E-state index contributed by atoms with van der Waals surface area (Å²) in [6.45, 7) is 8.96. The Hall–Kier alpha value is -1.84. The molecule has 0 aromatic carbocycles. The molecule has 0 fully saturated rings. The summed E-state index contributed by atoms with van der Waals surface area (Å²) in [5.74, 6) is -0.121. The third kappa shape index (κ3) is 2.64. The van der Waals surface area contributed by atoms with E-state index in [4.69, 9.17) is 9.15 Å². The molecular formula is C13H16O4. The first-order valence-corrected chi connectivity index (χ1v) is 5.44. The van der Waals surface area contributed by atoms with Gasteiger partial charge in [0.2, 0.25) is 0 Å². The van der Waals surface area contributed by atoms with Crippen molar-refractivity contribution in [1.29, 1.82) is 0 Å². The van der Waals surface area contributed by atoms with E-state index in [0.717, 1.165) is 5.56 Å².